The maximum Gasteiger partial charge on any atom is 0.0751 e. The number of rotatable bonds is 5. The van der Waals surface area contributed by atoms with E-state index in [9.17, 15) is 0 Å². The maximum absolute atomic E-state index is 5.93. The van der Waals surface area contributed by atoms with E-state index < -0.39 is 0 Å². The average Bonchev–Trinajstić information content (AvgIpc) is 2.45. The summed E-state index contributed by atoms with van der Waals surface area (Å²) < 4.78 is 0. The molecule has 2 nitrogen and oxygen atoms in total. The Balaban J connectivity index is 2.35. The molecule has 1 N–H and O–H groups in total. The van der Waals surface area contributed by atoms with Crippen LogP contribution in [0.25, 0.3) is 0 Å². The highest BCUT2D eigenvalue weighted by molar-refractivity contribution is 6.30. The highest BCUT2D eigenvalue weighted by atomic mass is 35.5. The van der Waals surface area contributed by atoms with E-state index in [4.69, 9.17) is 11.6 Å². The summed E-state index contributed by atoms with van der Waals surface area (Å²) in [7, 11) is 0. The molecule has 0 saturated heterocycles. The smallest absolute Gasteiger partial charge is 0.0751 e. The van der Waals surface area contributed by atoms with Gasteiger partial charge in [0, 0.05) is 6.20 Å². The summed E-state index contributed by atoms with van der Waals surface area (Å²) >= 11 is 5.93. The lowest BCUT2D eigenvalue weighted by atomic mass is 9.98. The van der Waals surface area contributed by atoms with Gasteiger partial charge < -0.3 is 5.32 Å². The van der Waals surface area contributed by atoms with E-state index in [1.807, 2.05) is 12.1 Å². The van der Waals surface area contributed by atoms with Gasteiger partial charge >= 0.3 is 0 Å². The first-order chi connectivity index (χ1) is 9.61. The predicted molar refractivity (Wildman–Crippen MR) is 85.3 cm³/mol. The molecule has 0 aliphatic rings. The molecule has 1 unspecified atom stereocenters. The summed E-state index contributed by atoms with van der Waals surface area (Å²) in [5.41, 5.74) is 4.87. The van der Waals surface area contributed by atoms with Crippen LogP contribution in [0.5, 0.6) is 0 Å². The summed E-state index contributed by atoms with van der Waals surface area (Å²) in [5.74, 6) is 0. The van der Waals surface area contributed by atoms with Crippen molar-refractivity contribution in [2.75, 3.05) is 6.54 Å². The number of benzene rings is 1. The van der Waals surface area contributed by atoms with Crippen LogP contribution in [0.4, 0.5) is 0 Å². The van der Waals surface area contributed by atoms with Gasteiger partial charge in [-0.2, -0.15) is 0 Å². The second-order valence-corrected chi connectivity index (χ2v) is 5.57. The van der Waals surface area contributed by atoms with Gasteiger partial charge in [-0.15, -0.1) is 0 Å². The third-order valence-corrected chi connectivity index (χ3v) is 3.73. The van der Waals surface area contributed by atoms with Crippen molar-refractivity contribution >= 4 is 11.6 Å². The van der Waals surface area contributed by atoms with Gasteiger partial charge in [0.15, 0.2) is 0 Å². The molecule has 0 spiro atoms. The topological polar surface area (TPSA) is 24.9 Å². The minimum absolute atomic E-state index is 0.117. The Morgan fingerprint density at radius 3 is 2.55 bits per heavy atom. The Hall–Kier alpha value is -1.38. The third kappa shape index (κ3) is 3.59. The first-order valence-corrected chi connectivity index (χ1v) is 7.41. The molecule has 106 valence electrons. The van der Waals surface area contributed by atoms with Crippen LogP contribution in [0.15, 0.2) is 36.5 Å². The Morgan fingerprint density at radius 2 is 1.95 bits per heavy atom. The van der Waals surface area contributed by atoms with E-state index in [2.05, 4.69) is 49.3 Å². The zero-order chi connectivity index (χ0) is 14.5. The fourth-order valence-corrected chi connectivity index (χ4v) is 2.30. The number of nitrogens with zero attached hydrogens (tertiary/aromatic N) is 1. The molecule has 0 fully saturated rings. The molecule has 20 heavy (non-hydrogen) atoms. The number of nitrogens with one attached hydrogen (secondary N) is 1. The molecule has 0 saturated carbocycles. The van der Waals surface area contributed by atoms with E-state index in [0.717, 1.165) is 18.7 Å². The van der Waals surface area contributed by atoms with Crippen LogP contribution in [-0.4, -0.2) is 11.5 Å². The summed E-state index contributed by atoms with van der Waals surface area (Å²) in [6.45, 7) is 7.40. The first kappa shape index (κ1) is 15.0. The second-order valence-electron chi connectivity index (χ2n) is 5.13. The molecule has 0 radical (unpaired) electrons. The van der Waals surface area contributed by atoms with Gasteiger partial charge in [0.05, 0.1) is 16.8 Å². The molecular formula is C17H21ClN2. The third-order valence-electron chi connectivity index (χ3n) is 3.51. The Kier molecular flexibility index (Phi) is 5.16. The van der Waals surface area contributed by atoms with E-state index in [0.29, 0.717) is 5.02 Å². The maximum atomic E-state index is 5.93. The molecule has 1 aromatic carbocycles. The lowest BCUT2D eigenvalue weighted by molar-refractivity contribution is 0.586. The van der Waals surface area contributed by atoms with Crippen molar-refractivity contribution in [3.8, 4) is 0 Å². The standard InChI is InChI=1S/C17H21ClN2/c1-4-9-19-17(16-8-7-15(18)11-20-16)14-6-5-12(2)13(3)10-14/h5-8,10-11,17,19H,4,9H2,1-3H3. The van der Waals surface area contributed by atoms with Crippen molar-refractivity contribution in [1.82, 2.24) is 10.3 Å². The molecule has 0 aliphatic carbocycles. The molecule has 2 aromatic rings. The van der Waals surface area contributed by atoms with Crippen LogP contribution in [0.3, 0.4) is 0 Å². The van der Waals surface area contributed by atoms with Gasteiger partial charge in [0.2, 0.25) is 0 Å². The van der Waals surface area contributed by atoms with E-state index in [1.54, 1.807) is 6.20 Å². The summed E-state index contributed by atoms with van der Waals surface area (Å²) in [6, 6.07) is 10.6. The number of hydrogen-bond acceptors (Lipinski definition) is 2. The van der Waals surface area contributed by atoms with Crippen molar-refractivity contribution in [2.24, 2.45) is 0 Å². The van der Waals surface area contributed by atoms with Gasteiger partial charge in [-0.25, -0.2) is 0 Å². The van der Waals surface area contributed by atoms with Crippen LogP contribution < -0.4 is 5.32 Å². The van der Waals surface area contributed by atoms with Crippen LogP contribution in [0.1, 0.15) is 41.8 Å². The van der Waals surface area contributed by atoms with Gasteiger partial charge in [-0.3, -0.25) is 4.98 Å². The quantitative estimate of drug-likeness (QED) is 0.880. The lowest BCUT2D eigenvalue weighted by Crippen LogP contribution is -2.24. The zero-order valence-electron chi connectivity index (χ0n) is 12.3. The summed E-state index contributed by atoms with van der Waals surface area (Å²) in [5, 5.41) is 4.23. The van der Waals surface area contributed by atoms with Crippen LogP contribution >= 0.6 is 11.6 Å². The van der Waals surface area contributed by atoms with Crippen LogP contribution in [-0.2, 0) is 0 Å². The van der Waals surface area contributed by atoms with Gasteiger partial charge in [-0.1, -0.05) is 36.7 Å². The monoisotopic (exact) mass is 288 g/mol. The number of hydrogen-bond donors (Lipinski definition) is 1. The van der Waals surface area contributed by atoms with E-state index in [1.165, 1.54) is 16.7 Å². The lowest BCUT2D eigenvalue weighted by Gasteiger charge is -2.19. The number of pyridine rings is 1. The molecular weight excluding hydrogens is 268 g/mol. The minimum Gasteiger partial charge on any atom is -0.305 e. The normalized spacial score (nSPS) is 12.4. The molecule has 1 aromatic heterocycles. The zero-order valence-corrected chi connectivity index (χ0v) is 13.0. The highest BCUT2D eigenvalue weighted by Gasteiger charge is 2.15. The van der Waals surface area contributed by atoms with Crippen molar-refractivity contribution in [2.45, 2.75) is 33.2 Å². The fraction of sp³-hybridized carbons (Fsp3) is 0.353. The Morgan fingerprint density at radius 1 is 1.15 bits per heavy atom. The molecule has 1 atom stereocenters. The van der Waals surface area contributed by atoms with Crippen molar-refractivity contribution < 1.29 is 0 Å². The molecule has 0 bridgehead atoms. The molecule has 2 rings (SSSR count). The molecule has 0 amide bonds. The largest absolute Gasteiger partial charge is 0.305 e. The molecule has 3 heteroatoms. The van der Waals surface area contributed by atoms with Crippen molar-refractivity contribution in [3.63, 3.8) is 0 Å². The van der Waals surface area contributed by atoms with E-state index in [-0.39, 0.29) is 6.04 Å². The summed E-state index contributed by atoms with van der Waals surface area (Å²) in [6.07, 6.45) is 2.80. The summed E-state index contributed by atoms with van der Waals surface area (Å²) in [4.78, 5) is 4.47. The number of halogens is 1. The van der Waals surface area contributed by atoms with Gasteiger partial charge in [0.25, 0.3) is 0 Å². The first-order valence-electron chi connectivity index (χ1n) is 7.03. The number of aromatic nitrogens is 1. The van der Waals surface area contributed by atoms with Crippen LogP contribution in [0, 0.1) is 13.8 Å². The minimum atomic E-state index is 0.117. The van der Waals surface area contributed by atoms with Gasteiger partial charge in [0.1, 0.15) is 0 Å². The highest BCUT2D eigenvalue weighted by Crippen LogP contribution is 2.23. The van der Waals surface area contributed by atoms with Crippen molar-refractivity contribution in [3.05, 3.63) is 63.9 Å². The van der Waals surface area contributed by atoms with E-state index >= 15 is 0 Å². The Bertz CT molecular complexity index is 564. The molecule has 1 heterocycles. The van der Waals surface area contributed by atoms with Crippen LogP contribution in [0.2, 0.25) is 5.02 Å². The fourth-order valence-electron chi connectivity index (χ4n) is 2.18. The SMILES string of the molecule is CCCNC(c1ccc(C)c(C)c1)c1ccc(Cl)cn1. The van der Waals surface area contributed by atoms with Crippen molar-refractivity contribution in [1.29, 1.82) is 0 Å². The number of aryl methyl sites for hydroxylation is 2. The predicted octanol–water partition coefficient (Wildman–Crippen LogP) is 4.44. The Labute approximate surface area is 126 Å². The van der Waals surface area contributed by atoms with Gasteiger partial charge in [-0.05, 0) is 55.6 Å². The molecule has 0 aliphatic heterocycles. The average molecular weight is 289 g/mol. The second kappa shape index (κ2) is 6.87.